The number of nitrogens with one attached hydrogen (secondary N) is 3. The Labute approximate surface area is 183 Å². The molecule has 166 valence electrons. The molecule has 0 aliphatic carbocycles. The molecule has 0 spiro atoms. The van der Waals surface area contributed by atoms with Crippen molar-refractivity contribution in [3.8, 4) is 18.1 Å². The number of benzene rings is 1. The van der Waals surface area contributed by atoms with Crippen LogP contribution in [0.15, 0.2) is 39.9 Å². The van der Waals surface area contributed by atoms with E-state index in [1.54, 1.807) is 24.3 Å². The van der Waals surface area contributed by atoms with Crippen molar-refractivity contribution in [1.82, 2.24) is 24.5 Å². The van der Waals surface area contributed by atoms with Crippen LogP contribution in [0.4, 0.5) is 17.2 Å². The fourth-order valence-corrected chi connectivity index (χ4v) is 3.08. The van der Waals surface area contributed by atoms with E-state index in [4.69, 9.17) is 6.42 Å². The van der Waals surface area contributed by atoms with Gasteiger partial charge in [0.1, 0.15) is 17.4 Å². The summed E-state index contributed by atoms with van der Waals surface area (Å²) in [5.74, 6) is 1.44. The zero-order valence-electron chi connectivity index (χ0n) is 18.0. The van der Waals surface area contributed by atoms with Gasteiger partial charge in [-0.1, -0.05) is 36.3 Å². The van der Waals surface area contributed by atoms with Gasteiger partial charge in [-0.25, -0.2) is 0 Å². The van der Waals surface area contributed by atoms with Crippen LogP contribution in [0.5, 0.6) is 5.75 Å². The van der Waals surface area contributed by atoms with E-state index in [0.717, 1.165) is 4.68 Å². The number of hydrogen-bond acceptors (Lipinski definition) is 7. The second kappa shape index (κ2) is 8.73. The third kappa shape index (κ3) is 4.06. The van der Waals surface area contributed by atoms with Crippen molar-refractivity contribution in [2.75, 3.05) is 24.7 Å². The van der Waals surface area contributed by atoms with Gasteiger partial charge in [0, 0.05) is 28.2 Å². The summed E-state index contributed by atoms with van der Waals surface area (Å²) in [6.45, 7) is 0. The number of terminal acetylenes is 1. The van der Waals surface area contributed by atoms with E-state index in [9.17, 15) is 19.5 Å². The summed E-state index contributed by atoms with van der Waals surface area (Å²) in [5.41, 5.74) is -0.928. The highest BCUT2D eigenvalue weighted by molar-refractivity contribution is 5.97. The number of aromatic nitrogens is 4. The molecule has 1 atom stereocenters. The average Bonchev–Trinajstić information content (AvgIpc) is 3.04. The first-order valence-corrected chi connectivity index (χ1v) is 9.51. The highest BCUT2D eigenvalue weighted by Gasteiger charge is 2.25. The molecule has 3 rings (SSSR count). The SMILES string of the molecule is C#C[C@@H](Nc1c(Nc2nn(C)c(C(=O)N(C)C)c2O)c(=O)[nH]n(C)c1=O)c1ccccc1. The number of carbonyl (C=O) groups excluding carboxylic acids is 1. The topological polar surface area (TPSA) is 137 Å². The monoisotopic (exact) mass is 437 g/mol. The number of H-pyrrole nitrogens is 1. The standard InChI is InChI=1S/C21H23N7O4/c1-6-13(12-10-8-7-9-11-12)22-15-14(19(30)25-28(5)20(15)31)23-18-17(29)16(27(4)24-18)21(32)26(2)3/h1,7-11,13,22,29H,2-5H3,(H,23,24)(H,25,30)/t13-/m1/s1. The van der Waals surface area contributed by atoms with Crippen LogP contribution in [0, 0.1) is 12.3 Å². The minimum atomic E-state index is -0.713. The summed E-state index contributed by atoms with van der Waals surface area (Å²) in [6.07, 6.45) is 5.66. The summed E-state index contributed by atoms with van der Waals surface area (Å²) in [7, 11) is 5.91. The normalized spacial score (nSPS) is 11.5. The van der Waals surface area contributed by atoms with Gasteiger partial charge in [-0.05, 0) is 5.56 Å². The van der Waals surface area contributed by atoms with Crippen LogP contribution in [0.25, 0.3) is 0 Å². The first kappa shape index (κ1) is 22.2. The molecule has 1 amide bonds. The minimum absolute atomic E-state index is 0.0851. The molecule has 2 aromatic heterocycles. The number of aromatic hydroxyl groups is 1. The maximum absolute atomic E-state index is 12.8. The van der Waals surface area contributed by atoms with Crippen LogP contribution in [0.3, 0.4) is 0 Å². The van der Waals surface area contributed by atoms with Crippen molar-refractivity contribution in [3.05, 3.63) is 62.3 Å². The molecule has 11 nitrogen and oxygen atoms in total. The molecule has 0 bridgehead atoms. The van der Waals surface area contributed by atoms with Gasteiger partial charge >= 0.3 is 0 Å². The molecule has 2 heterocycles. The fraction of sp³-hybridized carbons (Fsp3) is 0.238. The Morgan fingerprint density at radius 1 is 1.22 bits per heavy atom. The second-order valence-electron chi connectivity index (χ2n) is 7.20. The van der Waals surface area contributed by atoms with Crippen molar-refractivity contribution in [2.45, 2.75) is 6.04 Å². The minimum Gasteiger partial charge on any atom is -0.503 e. The van der Waals surface area contributed by atoms with Gasteiger partial charge in [-0.2, -0.15) is 5.10 Å². The molecule has 0 saturated heterocycles. The molecule has 0 unspecified atom stereocenters. The molecule has 0 aliphatic heterocycles. The van der Waals surface area contributed by atoms with Crippen LogP contribution >= 0.6 is 0 Å². The number of carbonyl (C=O) groups is 1. The lowest BCUT2D eigenvalue weighted by Gasteiger charge is -2.17. The lowest BCUT2D eigenvalue weighted by atomic mass is 10.1. The van der Waals surface area contributed by atoms with Crippen LogP contribution < -0.4 is 21.8 Å². The molecule has 4 N–H and O–H groups in total. The van der Waals surface area contributed by atoms with Crippen LogP contribution in [0.1, 0.15) is 22.1 Å². The van der Waals surface area contributed by atoms with E-state index in [-0.39, 0.29) is 22.9 Å². The van der Waals surface area contributed by atoms with Crippen molar-refractivity contribution < 1.29 is 9.90 Å². The summed E-state index contributed by atoms with van der Waals surface area (Å²) in [4.78, 5) is 39.2. The van der Waals surface area contributed by atoms with Gasteiger partial charge < -0.3 is 20.6 Å². The third-order valence-corrected chi connectivity index (χ3v) is 4.73. The van der Waals surface area contributed by atoms with E-state index >= 15 is 0 Å². The molecule has 1 aromatic carbocycles. The first-order valence-electron chi connectivity index (χ1n) is 9.51. The third-order valence-electron chi connectivity index (χ3n) is 4.73. The smallest absolute Gasteiger partial charge is 0.290 e. The van der Waals surface area contributed by atoms with Gasteiger partial charge in [0.2, 0.25) is 0 Å². The molecule has 32 heavy (non-hydrogen) atoms. The lowest BCUT2D eigenvalue weighted by Crippen LogP contribution is -2.32. The zero-order chi connectivity index (χ0) is 23.6. The largest absolute Gasteiger partial charge is 0.503 e. The average molecular weight is 437 g/mol. The van der Waals surface area contributed by atoms with Gasteiger partial charge in [0.05, 0.1) is 0 Å². The second-order valence-corrected chi connectivity index (χ2v) is 7.20. The summed E-state index contributed by atoms with van der Waals surface area (Å²) >= 11 is 0. The van der Waals surface area contributed by atoms with Crippen LogP contribution in [0.2, 0.25) is 0 Å². The molecular weight excluding hydrogens is 414 g/mol. The Morgan fingerprint density at radius 2 is 1.88 bits per heavy atom. The number of hydrogen-bond donors (Lipinski definition) is 4. The first-order chi connectivity index (χ1) is 15.1. The molecule has 11 heteroatoms. The van der Waals surface area contributed by atoms with Crippen LogP contribution in [-0.4, -0.2) is 49.6 Å². The Bertz CT molecular complexity index is 1310. The van der Waals surface area contributed by atoms with E-state index in [1.807, 2.05) is 6.07 Å². The summed E-state index contributed by atoms with van der Waals surface area (Å²) in [6, 6.07) is 8.27. The molecule has 0 fully saturated rings. The van der Waals surface area contributed by atoms with Crippen molar-refractivity contribution >= 4 is 23.1 Å². The predicted octanol–water partition coefficient (Wildman–Crippen LogP) is 0.745. The highest BCUT2D eigenvalue weighted by atomic mass is 16.3. The van der Waals surface area contributed by atoms with E-state index in [1.165, 1.54) is 37.8 Å². The molecule has 0 radical (unpaired) electrons. The predicted molar refractivity (Wildman–Crippen MR) is 120 cm³/mol. The molecular formula is C21H23N7O4. The summed E-state index contributed by atoms with van der Waals surface area (Å²) in [5, 5.41) is 22.6. The Kier molecular flexibility index (Phi) is 6.06. The van der Waals surface area contributed by atoms with Crippen molar-refractivity contribution in [2.24, 2.45) is 14.1 Å². The number of amides is 1. The van der Waals surface area contributed by atoms with Crippen molar-refractivity contribution in [1.29, 1.82) is 0 Å². The maximum Gasteiger partial charge on any atom is 0.290 e. The molecule has 0 saturated carbocycles. The maximum atomic E-state index is 12.8. The van der Waals surface area contributed by atoms with E-state index < -0.39 is 28.8 Å². The summed E-state index contributed by atoms with van der Waals surface area (Å²) < 4.78 is 2.18. The Hall–Kier alpha value is -4.46. The van der Waals surface area contributed by atoms with Crippen molar-refractivity contribution in [3.63, 3.8) is 0 Å². The van der Waals surface area contributed by atoms with Gasteiger partial charge in [0.25, 0.3) is 17.0 Å². The molecule has 0 aliphatic rings. The van der Waals surface area contributed by atoms with E-state index in [0.29, 0.717) is 5.56 Å². The number of aryl methyl sites for hydroxylation is 2. The van der Waals surface area contributed by atoms with Gasteiger partial charge in [-0.3, -0.25) is 28.8 Å². The van der Waals surface area contributed by atoms with E-state index in [2.05, 4.69) is 26.8 Å². The van der Waals surface area contributed by atoms with Gasteiger partial charge in [0.15, 0.2) is 17.3 Å². The fourth-order valence-electron chi connectivity index (χ4n) is 3.08. The highest BCUT2D eigenvalue weighted by Crippen LogP contribution is 2.31. The number of nitrogens with zero attached hydrogens (tertiary/aromatic N) is 4. The number of aromatic amines is 1. The zero-order valence-corrected chi connectivity index (χ0v) is 18.0. The van der Waals surface area contributed by atoms with Gasteiger partial charge in [-0.15, -0.1) is 6.42 Å². The number of rotatable bonds is 6. The Morgan fingerprint density at radius 3 is 2.47 bits per heavy atom. The van der Waals surface area contributed by atoms with Crippen LogP contribution in [-0.2, 0) is 14.1 Å². The molecule has 3 aromatic rings. The quantitative estimate of drug-likeness (QED) is 0.418. The Balaban J connectivity index is 2.09. The lowest BCUT2D eigenvalue weighted by molar-refractivity contribution is 0.0814. The number of anilines is 3.